The van der Waals surface area contributed by atoms with Gasteiger partial charge < -0.3 is 10.5 Å². The van der Waals surface area contributed by atoms with Gasteiger partial charge >= 0.3 is 0 Å². The zero-order valence-electron chi connectivity index (χ0n) is 10.1. The van der Waals surface area contributed by atoms with Crippen molar-refractivity contribution in [2.24, 2.45) is 11.7 Å². The lowest BCUT2D eigenvalue weighted by atomic mass is 10.1. The maximum atomic E-state index is 5.87. The van der Waals surface area contributed by atoms with Crippen LogP contribution in [0.2, 0.25) is 0 Å². The topological polar surface area (TPSA) is 35.2 Å². The first kappa shape index (κ1) is 12.9. The van der Waals surface area contributed by atoms with Crippen molar-refractivity contribution in [3.63, 3.8) is 0 Å². The molecule has 0 unspecified atom stereocenters. The Morgan fingerprint density at radius 2 is 2.06 bits per heavy atom. The fourth-order valence-electron chi connectivity index (χ4n) is 2.38. The summed E-state index contributed by atoms with van der Waals surface area (Å²) in [5.74, 6) is 1.74. The molecule has 0 amide bonds. The predicted molar refractivity (Wildman–Crippen MR) is 74.4 cm³/mol. The third-order valence-corrected chi connectivity index (χ3v) is 4.16. The standard InChI is InChI=1S/C14H20BrNO/c15-14-6-5-13(9-12(14)7-8-16)17-10-11-3-1-2-4-11/h5-6,9,11H,1-4,7-8,10,16H2. The van der Waals surface area contributed by atoms with E-state index in [1.165, 1.54) is 31.2 Å². The van der Waals surface area contributed by atoms with E-state index < -0.39 is 0 Å². The molecule has 1 aliphatic carbocycles. The maximum absolute atomic E-state index is 5.87. The second-order valence-corrected chi connectivity index (χ2v) is 5.61. The molecule has 1 aliphatic rings. The summed E-state index contributed by atoms with van der Waals surface area (Å²) in [6.07, 6.45) is 6.28. The molecule has 1 aromatic carbocycles. The third-order valence-electron chi connectivity index (χ3n) is 3.39. The largest absolute Gasteiger partial charge is 0.493 e. The fraction of sp³-hybridized carbons (Fsp3) is 0.571. The second kappa shape index (κ2) is 6.41. The molecule has 1 fully saturated rings. The molecule has 2 rings (SSSR count). The number of benzene rings is 1. The minimum atomic E-state index is 0.671. The first-order valence-electron chi connectivity index (χ1n) is 6.41. The molecule has 0 aromatic heterocycles. The van der Waals surface area contributed by atoms with E-state index in [0.29, 0.717) is 6.54 Å². The summed E-state index contributed by atoms with van der Waals surface area (Å²) in [6.45, 7) is 1.54. The van der Waals surface area contributed by atoms with Crippen molar-refractivity contribution in [2.45, 2.75) is 32.1 Å². The van der Waals surface area contributed by atoms with Crippen LogP contribution in [0.1, 0.15) is 31.2 Å². The number of hydrogen-bond donors (Lipinski definition) is 1. The normalized spacial score (nSPS) is 16.4. The van der Waals surface area contributed by atoms with Crippen molar-refractivity contribution in [1.82, 2.24) is 0 Å². The molecule has 3 heteroatoms. The van der Waals surface area contributed by atoms with E-state index >= 15 is 0 Å². The highest BCUT2D eigenvalue weighted by molar-refractivity contribution is 9.10. The summed E-state index contributed by atoms with van der Waals surface area (Å²) in [5.41, 5.74) is 6.82. The van der Waals surface area contributed by atoms with E-state index in [1.807, 2.05) is 6.07 Å². The highest BCUT2D eigenvalue weighted by Crippen LogP contribution is 2.27. The summed E-state index contributed by atoms with van der Waals surface area (Å²) in [5, 5.41) is 0. The van der Waals surface area contributed by atoms with Crippen LogP contribution < -0.4 is 10.5 Å². The van der Waals surface area contributed by atoms with Gasteiger partial charge in [-0.05, 0) is 55.5 Å². The molecule has 0 aliphatic heterocycles. The molecular weight excluding hydrogens is 278 g/mol. The van der Waals surface area contributed by atoms with Crippen LogP contribution in [0.5, 0.6) is 5.75 Å². The Balaban J connectivity index is 1.93. The first-order valence-corrected chi connectivity index (χ1v) is 7.20. The molecule has 17 heavy (non-hydrogen) atoms. The van der Waals surface area contributed by atoms with Crippen LogP contribution in [0.3, 0.4) is 0 Å². The SMILES string of the molecule is NCCc1cc(OCC2CCCC2)ccc1Br. The van der Waals surface area contributed by atoms with E-state index in [9.17, 15) is 0 Å². The molecule has 0 spiro atoms. The molecule has 2 N–H and O–H groups in total. The lowest BCUT2D eigenvalue weighted by Gasteiger charge is -2.13. The Kier molecular flexibility index (Phi) is 4.86. The van der Waals surface area contributed by atoms with Crippen molar-refractivity contribution in [3.05, 3.63) is 28.2 Å². The van der Waals surface area contributed by atoms with Crippen molar-refractivity contribution >= 4 is 15.9 Å². The van der Waals surface area contributed by atoms with E-state index in [2.05, 4.69) is 28.1 Å². The lowest BCUT2D eigenvalue weighted by Crippen LogP contribution is -2.08. The summed E-state index contributed by atoms with van der Waals surface area (Å²) >= 11 is 3.54. The van der Waals surface area contributed by atoms with E-state index in [4.69, 9.17) is 10.5 Å². The summed E-state index contributed by atoms with van der Waals surface area (Å²) in [4.78, 5) is 0. The van der Waals surface area contributed by atoms with Gasteiger partial charge in [-0.3, -0.25) is 0 Å². The van der Waals surface area contributed by atoms with Crippen LogP contribution in [0.25, 0.3) is 0 Å². The molecule has 0 atom stereocenters. The van der Waals surface area contributed by atoms with Crippen molar-refractivity contribution in [1.29, 1.82) is 0 Å². The van der Waals surface area contributed by atoms with E-state index in [-0.39, 0.29) is 0 Å². The third kappa shape index (κ3) is 3.71. The first-order chi connectivity index (χ1) is 8.29. The van der Waals surface area contributed by atoms with E-state index in [1.54, 1.807) is 0 Å². The van der Waals surface area contributed by atoms with Crippen molar-refractivity contribution < 1.29 is 4.74 Å². The smallest absolute Gasteiger partial charge is 0.119 e. The van der Waals surface area contributed by atoms with E-state index in [0.717, 1.165) is 29.2 Å². The Hall–Kier alpha value is -0.540. The van der Waals surface area contributed by atoms with Gasteiger partial charge in [0.15, 0.2) is 0 Å². The maximum Gasteiger partial charge on any atom is 0.119 e. The van der Waals surface area contributed by atoms with Crippen LogP contribution in [0.4, 0.5) is 0 Å². The molecule has 0 saturated heterocycles. The highest BCUT2D eigenvalue weighted by atomic mass is 79.9. The zero-order valence-corrected chi connectivity index (χ0v) is 11.7. The fourth-order valence-corrected chi connectivity index (χ4v) is 2.82. The predicted octanol–water partition coefficient (Wildman–Crippen LogP) is 3.52. The van der Waals surface area contributed by atoms with Gasteiger partial charge in [-0.1, -0.05) is 28.8 Å². The molecule has 0 radical (unpaired) electrons. The van der Waals surface area contributed by atoms with Gasteiger partial charge in [0.05, 0.1) is 6.61 Å². The van der Waals surface area contributed by atoms with Crippen LogP contribution in [0.15, 0.2) is 22.7 Å². The minimum absolute atomic E-state index is 0.671. The van der Waals surface area contributed by atoms with Crippen LogP contribution in [-0.2, 0) is 6.42 Å². The molecule has 0 bridgehead atoms. The van der Waals surface area contributed by atoms with Gasteiger partial charge in [0, 0.05) is 4.47 Å². The van der Waals surface area contributed by atoms with Gasteiger partial charge in [-0.2, -0.15) is 0 Å². The Morgan fingerprint density at radius 1 is 1.29 bits per heavy atom. The molecule has 1 aromatic rings. The molecule has 2 nitrogen and oxygen atoms in total. The highest BCUT2D eigenvalue weighted by Gasteiger charge is 2.15. The van der Waals surface area contributed by atoms with Gasteiger partial charge in [0.1, 0.15) is 5.75 Å². The summed E-state index contributed by atoms with van der Waals surface area (Å²) in [7, 11) is 0. The Bertz CT molecular complexity index is 361. The number of hydrogen-bond acceptors (Lipinski definition) is 2. The average molecular weight is 298 g/mol. The van der Waals surface area contributed by atoms with Crippen molar-refractivity contribution in [2.75, 3.05) is 13.2 Å². The summed E-state index contributed by atoms with van der Waals surface area (Å²) < 4.78 is 6.99. The van der Waals surface area contributed by atoms with Gasteiger partial charge in [0.25, 0.3) is 0 Å². The van der Waals surface area contributed by atoms with Gasteiger partial charge in [-0.15, -0.1) is 0 Å². The second-order valence-electron chi connectivity index (χ2n) is 4.75. The lowest BCUT2D eigenvalue weighted by molar-refractivity contribution is 0.252. The monoisotopic (exact) mass is 297 g/mol. The Labute approximate surface area is 112 Å². The minimum Gasteiger partial charge on any atom is -0.493 e. The molecule has 1 saturated carbocycles. The molecule has 94 valence electrons. The Morgan fingerprint density at radius 3 is 2.76 bits per heavy atom. The quantitative estimate of drug-likeness (QED) is 0.902. The summed E-state index contributed by atoms with van der Waals surface area (Å²) in [6, 6.07) is 6.18. The van der Waals surface area contributed by atoms with Gasteiger partial charge in [0.2, 0.25) is 0 Å². The van der Waals surface area contributed by atoms with Crippen LogP contribution in [0, 0.1) is 5.92 Å². The number of ether oxygens (including phenoxy) is 1. The molecule has 0 heterocycles. The number of halogens is 1. The van der Waals surface area contributed by atoms with Crippen molar-refractivity contribution in [3.8, 4) is 5.75 Å². The average Bonchev–Trinajstić information content (AvgIpc) is 2.83. The number of rotatable bonds is 5. The zero-order chi connectivity index (χ0) is 12.1. The van der Waals surface area contributed by atoms with Gasteiger partial charge in [-0.25, -0.2) is 0 Å². The number of nitrogens with two attached hydrogens (primary N) is 1. The molecular formula is C14H20BrNO. The van der Waals surface area contributed by atoms with Crippen LogP contribution >= 0.6 is 15.9 Å². The van der Waals surface area contributed by atoms with Crippen LogP contribution in [-0.4, -0.2) is 13.2 Å².